The molecule has 0 radical (unpaired) electrons. The third kappa shape index (κ3) is 6.56. The van der Waals surface area contributed by atoms with Gasteiger partial charge in [-0.2, -0.15) is 0 Å². The van der Waals surface area contributed by atoms with Crippen LogP contribution < -0.4 is 15.7 Å². The van der Waals surface area contributed by atoms with Gasteiger partial charge in [0.15, 0.2) is 0 Å². The highest BCUT2D eigenvalue weighted by atomic mass is 16.6. The third-order valence-corrected chi connectivity index (χ3v) is 10.7. The van der Waals surface area contributed by atoms with Crippen molar-refractivity contribution in [3.8, 4) is 5.75 Å². The maximum absolute atomic E-state index is 13.8. The van der Waals surface area contributed by atoms with E-state index in [1.54, 1.807) is 40.3 Å². The van der Waals surface area contributed by atoms with Crippen LogP contribution in [0.25, 0.3) is 11.0 Å². The molecule has 3 aliphatic rings. The molecule has 1 aliphatic heterocycles. The van der Waals surface area contributed by atoms with Crippen molar-refractivity contribution in [1.29, 1.82) is 0 Å². The van der Waals surface area contributed by atoms with Gasteiger partial charge in [0.05, 0.1) is 30.4 Å². The molecule has 11 nitrogen and oxygen atoms in total. The molecule has 1 aromatic heterocycles. The minimum absolute atomic E-state index is 0.147. The molecule has 258 valence electrons. The zero-order valence-electron chi connectivity index (χ0n) is 29.1. The van der Waals surface area contributed by atoms with E-state index in [-0.39, 0.29) is 49.0 Å². The van der Waals surface area contributed by atoms with Gasteiger partial charge in [-0.05, 0) is 107 Å². The summed E-state index contributed by atoms with van der Waals surface area (Å²) >= 11 is 0. The van der Waals surface area contributed by atoms with Crippen molar-refractivity contribution in [3.05, 3.63) is 58.5 Å². The molecule has 2 aromatic carbocycles. The van der Waals surface area contributed by atoms with Crippen molar-refractivity contribution in [1.82, 2.24) is 18.9 Å². The number of piperidine rings is 1. The Morgan fingerprint density at radius 2 is 1.71 bits per heavy atom. The number of nitrogens with zero attached hydrogens (tertiary/aromatic N) is 4. The summed E-state index contributed by atoms with van der Waals surface area (Å²) in [6.45, 7) is 6.63. The van der Waals surface area contributed by atoms with Gasteiger partial charge in [-0.3, -0.25) is 23.6 Å². The first-order valence-electron chi connectivity index (χ1n) is 17.2. The fourth-order valence-corrected chi connectivity index (χ4v) is 8.08. The summed E-state index contributed by atoms with van der Waals surface area (Å²) in [5, 5.41) is 3.63. The molecule has 11 heteroatoms. The number of anilines is 1. The largest absolute Gasteiger partial charge is 0.497 e. The lowest BCUT2D eigenvalue weighted by Crippen LogP contribution is -2.48. The van der Waals surface area contributed by atoms with Crippen LogP contribution >= 0.6 is 0 Å². The molecule has 1 N–H and O–H groups in total. The lowest BCUT2D eigenvalue weighted by atomic mass is 9.55. The first-order valence-corrected chi connectivity index (χ1v) is 17.2. The molecule has 1 atom stereocenters. The Bertz CT molecular complexity index is 1740. The summed E-state index contributed by atoms with van der Waals surface area (Å²) < 4.78 is 14.0. The average Bonchev–Trinajstić information content (AvgIpc) is 3.30. The highest BCUT2D eigenvalue weighted by Crippen LogP contribution is 2.55. The Morgan fingerprint density at radius 1 is 1.02 bits per heavy atom. The molecule has 2 heterocycles. The topological polar surface area (TPSA) is 115 Å². The van der Waals surface area contributed by atoms with Crippen molar-refractivity contribution in [2.24, 2.45) is 18.4 Å². The summed E-state index contributed by atoms with van der Waals surface area (Å²) in [4.78, 5) is 56.0. The maximum atomic E-state index is 13.8. The number of imide groups is 1. The Morgan fingerprint density at radius 3 is 2.35 bits per heavy atom. The monoisotopic (exact) mass is 659 g/mol. The predicted molar refractivity (Wildman–Crippen MR) is 184 cm³/mol. The summed E-state index contributed by atoms with van der Waals surface area (Å²) in [7, 11) is 5.18. The summed E-state index contributed by atoms with van der Waals surface area (Å²) in [5.41, 5.74) is 2.69. The number of ether oxygens (including phenoxy) is 2. The molecule has 1 saturated heterocycles. The lowest BCUT2D eigenvalue weighted by Gasteiger charge is -2.52. The molecule has 2 aliphatic carbocycles. The van der Waals surface area contributed by atoms with Gasteiger partial charge in [0.25, 0.3) is 5.91 Å². The quantitative estimate of drug-likeness (QED) is 0.302. The zero-order chi connectivity index (χ0) is 34.4. The second-order valence-electron chi connectivity index (χ2n) is 15.1. The fourth-order valence-electron chi connectivity index (χ4n) is 8.08. The molecule has 3 fully saturated rings. The summed E-state index contributed by atoms with van der Waals surface area (Å²) in [5.74, 6) is 0.632. The Kier molecular flexibility index (Phi) is 9.08. The number of methoxy groups -OCH3 is 1. The lowest BCUT2D eigenvalue weighted by molar-refractivity contribution is -0.151. The van der Waals surface area contributed by atoms with E-state index < -0.39 is 11.6 Å². The van der Waals surface area contributed by atoms with Crippen molar-refractivity contribution >= 4 is 34.6 Å². The number of nitrogens with one attached hydrogen (secondary N) is 1. The minimum atomic E-state index is -0.761. The van der Waals surface area contributed by atoms with Gasteiger partial charge in [-0.1, -0.05) is 18.2 Å². The molecule has 3 aromatic rings. The van der Waals surface area contributed by atoms with Gasteiger partial charge in [-0.15, -0.1) is 0 Å². The van der Waals surface area contributed by atoms with Gasteiger partial charge in [0, 0.05) is 33.1 Å². The Labute approximate surface area is 282 Å². The molecule has 48 heavy (non-hydrogen) atoms. The van der Waals surface area contributed by atoms with Crippen molar-refractivity contribution in [3.63, 3.8) is 0 Å². The van der Waals surface area contributed by atoms with Crippen LogP contribution in [0.3, 0.4) is 0 Å². The van der Waals surface area contributed by atoms with E-state index in [0.29, 0.717) is 22.6 Å². The van der Waals surface area contributed by atoms with E-state index in [0.717, 1.165) is 61.8 Å². The summed E-state index contributed by atoms with van der Waals surface area (Å²) in [6.07, 6.45) is 6.73. The number of carbonyl (C=O) groups is 3. The normalized spacial score (nSPS) is 24.5. The molecule has 2 saturated carbocycles. The van der Waals surface area contributed by atoms with Crippen LogP contribution in [-0.4, -0.2) is 69.2 Å². The number of aryl methyl sites for hydroxylation is 1. The first-order chi connectivity index (χ1) is 22.8. The van der Waals surface area contributed by atoms with Crippen molar-refractivity contribution in [2.45, 2.75) is 96.4 Å². The predicted octanol–water partition coefficient (Wildman–Crippen LogP) is 5.86. The van der Waals surface area contributed by atoms with Crippen LogP contribution in [0, 0.1) is 11.3 Å². The number of hydrogen-bond donors (Lipinski definition) is 1. The highest BCUT2D eigenvalue weighted by Gasteiger charge is 2.47. The zero-order valence-corrected chi connectivity index (χ0v) is 29.1. The van der Waals surface area contributed by atoms with E-state index >= 15 is 0 Å². The number of likely N-dealkylation sites (tertiary alicyclic amines) is 1. The molecular formula is C37H49N5O6. The third-order valence-electron chi connectivity index (χ3n) is 10.7. The van der Waals surface area contributed by atoms with E-state index in [9.17, 15) is 19.2 Å². The molecule has 1 spiro atoms. The second kappa shape index (κ2) is 13.0. The van der Waals surface area contributed by atoms with Gasteiger partial charge in [-0.25, -0.2) is 9.59 Å². The van der Waals surface area contributed by atoms with Crippen LogP contribution in [-0.2, 0) is 27.9 Å². The van der Waals surface area contributed by atoms with Crippen LogP contribution in [0.15, 0.2) is 47.3 Å². The number of benzene rings is 2. The first kappa shape index (κ1) is 33.6. The number of aromatic nitrogens is 2. The van der Waals surface area contributed by atoms with Gasteiger partial charge >= 0.3 is 11.8 Å². The van der Waals surface area contributed by atoms with Crippen molar-refractivity contribution < 1.29 is 23.9 Å². The van der Waals surface area contributed by atoms with Crippen molar-refractivity contribution in [2.75, 3.05) is 26.0 Å². The number of fused-ring (bicyclic) bond motifs is 1. The van der Waals surface area contributed by atoms with Crippen LogP contribution in [0.4, 0.5) is 10.5 Å². The minimum Gasteiger partial charge on any atom is -0.497 e. The number of carbonyl (C=O) groups excluding carboxylic acids is 3. The average molecular weight is 660 g/mol. The molecule has 1 unspecified atom stereocenters. The number of hydrogen-bond acceptors (Lipinski definition) is 7. The molecule has 3 amide bonds. The number of rotatable bonds is 8. The molecule has 0 bridgehead atoms. The van der Waals surface area contributed by atoms with Gasteiger partial charge in [0.1, 0.15) is 17.4 Å². The summed E-state index contributed by atoms with van der Waals surface area (Å²) in [6, 6.07) is 12.5. The van der Waals surface area contributed by atoms with Crippen LogP contribution in [0.1, 0.15) is 83.7 Å². The Hall–Kier alpha value is -4.28. The number of para-hydroxylation sites is 1. The smallest absolute Gasteiger partial charge is 0.410 e. The SMILES string of the molecule is COc1ccc(CN2C(=O)CCC(n3c(=O)n(C)c4c(NCC5CC6(CCC(N(C)C(=O)OC(C)(C)C)CC6)C5)cccc43)C2=O)cc1. The van der Waals surface area contributed by atoms with E-state index in [2.05, 4.69) is 5.32 Å². The fraction of sp³-hybridized carbons (Fsp3) is 0.568. The number of imidazole rings is 1. The van der Waals surface area contributed by atoms with Crippen LogP contribution in [0.2, 0.25) is 0 Å². The maximum Gasteiger partial charge on any atom is 0.410 e. The van der Waals surface area contributed by atoms with Crippen LogP contribution in [0.5, 0.6) is 5.75 Å². The number of amides is 3. The van der Waals surface area contributed by atoms with E-state index in [1.807, 2.05) is 58.2 Å². The van der Waals surface area contributed by atoms with E-state index in [1.165, 1.54) is 4.90 Å². The molecular weight excluding hydrogens is 610 g/mol. The standard InChI is InChI=1S/C37H49N5O6/c1-36(2,3)48-35(46)39(4)26-16-18-37(19-17-26)20-25(21-37)22-38-28-8-7-9-29-32(28)40(5)34(45)42(29)30-14-15-31(43)41(33(30)44)23-24-10-12-27(47-6)13-11-24/h7-13,25-26,30,38H,14-23H2,1-6H3. The van der Waals surface area contributed by atoms with E-state index in [4.69, 9.17) is 9.47 Å². The Balaban J connectivity index is 1.10. The van der Waals surface area contributed by atoms with Gasteiger partial charge in [0.2, 0.25) is 5.91 Å². The van der Waals surface area contributed by atoms with Gasteiger partial charge < -0.3 is 19.7 Å². The highest BCUT2D eigenvalue weighted by molar-refractivity contribution is 6.00. The second-order valence-corrected chi connectivity index (χ2v) is 15.1. The molecule has 6 rings (SSSR count).